The molecular formula is C23H27BrN4O6S. The van der Waals surface area contributed by atoms with Crippen LogP contribution in [-0.4, -0.2) is 65.1 Å². The van der Waals surface area contributed by atoms with Crippen molar-refractivity contribution in [1.82, 2.24) is 10.7 Å². The van der Waals surface area contributed by atoms with E-state index in [0.29, 0.717) is 28.0 Å². The maximum atomic E-state index is 12.3. The van der Waals surface area contributed by atoms with E-state index in [1.54, 1.807) is 48.5 Å². The van der Waals surface area contributed by atoms with E-state index < -0.39 is 22.5 Å². The molecule has 35 heavy (non-hydrogen) atoms. The van der Waals surface area contributed by atoms with Gasteiger partial charge in [-0.15, -0.1) is 0 Å². The predicted molar refractivity (Wildman–Crippen MR) is 136 cm³/mol. The molecule has 0 aliphatic carbocycles. The van der Waals surface area contributed by atoms with E-state index in [1.807, 2.05) is 0 Å². The molecular weight excluding hydrogens is 540 g/mol. The number of hydrogen-bond donors (Lipinski definition) is 2. The Morgan fingerprint density at radius 2 is 1.94 bits per heavy atom. The highest BCUT2D eigenvalue weighted by molar-refractivity contribution is 9.10. The van der Waals surface area contributed by atoms with E-state index in [4.69, 9.17) is 9.47 Å². The maximum Gasteiger partial charge on any atom is 0.260 e. The molecule has 1 atom stereocenters. The molecule has 0 spiro atoms. The average Bonchev–Trinajstić information content (AvgIpc) is 3.34. The number of amides is 2. The van der Waals surface area contributed by atoms with E-state index in [1.165, 1.54) is 6.21 Å². The van der Waals surface area contributed by atoms with Gasteiger partial charge in [0, 0.05) is 17.6 Å². The molecule has 1 aliphatic rings. The Hall–Kier alpha value is -2.96. The Morgan fingerprint density at radius 1 is 1.20 bits per heavy atom. The van der Waals surface area contributed by atoms with E-state index in [9.17, 15) is 18.0 Å². The number of carbonyl (C=O) groups excluding carboxylic acids is 2. The van der Waals surface area contributed by atoms with Gasteiger partial charge in [-0.1, -0.05) is 12.1 Å². The summed E-state index contributed by atoms with van der Waals surface area (Å²) >= 11 is 3.30. The third-order valence-electron chi connectivity index (χ3n) is 5.01. The Kier molecular flexibility index (Phi) is 9.64. The van der Waals surface area contributed by atoms with Crippen LogP contribution < -0.4 is 19.8 Å². The number of nitrogens with zero attached hydrogens (tertiary/aromatic N) is 2. The molecule has 10 nitrogen and oxygen atoms in total. The number of benzene rings is 2. The lowest BCUT2D eigenvalue weighted by Crippen LogP contribution is -2.39. The SMILES string of the molecule is CS(=O)(=O)N(CC(=O)N/N=C\c1ccc(OCC(=O)NC[C@@H]2CCCO2)cc1)c1ccccc1Br. The average molecular weight is 567 g/mol. The Labute approximate surface area is 212 Å². The van der Waals surface area contributed by atoms with Crippen molar-refractivity contribution in [3.05, 3.63) is 58.6 Å². The minimum Gasteiger partial charge on any atom is -0.484 e. The van der Waals surface area contributed by atoms with Crippen LogP contribution in [0.3, 0.4) is 0 Å². The Balaban J connectivity index is 1.46. The first kappa shape index (κ1) is 26.6. The summed E-state index contributed by atoms with van der Waals surface area (Å²) in [6.45, 7) is 0.681. The smallest absolute Gasteiger partial charge is 0.260 e. The fraction of sp³-hybridized carbons (Fsp3) is 0.348. The van der Waals surface area contributed by atoms with Gasteiger partial charge in [0.05, 0.1) is 24.3 Å². The molecule has 1 saturated heterocycles. The van der Waals surface area contributed by atoms with Crippen molar-refractivity contribution in [2.45, 2.75) is 18.9 Å². The molecule has 0 unspecified atom stereocenters. The van der Waals surface area contributed by atoms with Crippen LogP contribution in [0.25, 0.3) is 0 Å². The first-order valence-corrected chi connectivity index (χ1v) is 13.5. The van der Waals surface area contributed by atoms with Crippen molar-refractivity contribution in [1.29, 1.82) is 0 Å². The van der Waals surface area contributed by atoms with E-state index >= 15 is 0 Å². The van der Waals surface area contributed by atoms with Gasteiger partial charge in [0.1, 0.15) is 12.3 Å². The first-order valence-electron chi connectivity index (χ1n) is 10.9. The molecule has 0 saturated carbocycles. The third kappa shape index (κ3) is 8.64. The Morgan fingerprint density at radius 3 is 2.60 bits per heavy atom. The molecule has 0 aromatic heterocycles. The predicted octanol–water partition coefficient (Wildman–Crippen LogP) is 2.04. The molecule has 188 valence electrons. The third-order valence-corrected chi connectivity index (χ3v) is 6.81. The fourth-order valence-electron chi connectivity index (χ4n) is 3.26. The summed E-state index contributed by atoms with van der Waals surface area (Å²) in [5, 5.41) is 6.67. The number of ether oxygens (including phenoxy) is 2. The standard InChI is InChI=1S/C23H27BrN4O6S/c1-35(31,32)28(21-7-3-2-6-20(21)24)15-22(29)27-26-13-17-8-10-18(11-9-17)34-16-23(30)25-14-19-5-4-12-33-19/h2-3,6-11,13,19H,4-5,12,14-16H2,1H3,(H,25,30)(H,27,29)/b26-13-/t19-/m0/s1. The number of anilines is 1. The van der Waals surface area contributed by atoms with Gasteiger partial charge in [-0.3, -0.25) is 13.9 Å². The molecule has 2 aromatic carbocycles. The van der Waals surface area contributed by atoms with Crippen molar-refractivity contribution in [3.8, 4) is 5.75 Å². The molecule has 1 fully saturated rings. The monoisotopic (exact) mass is 566 g/mol. The van der Waals surface area contributed by atoms with Gasteiger partial charge in [-0.25, -0.2) is 13.8 Å². The first-order chi connectivity index (χ1) is 16.7. The van der Waals surface area contributed by atoms with E-state index in [0.717, 1.165) is 30.0 Å². The van der Waals surface area contributed by atoms with Crippen LogP contribution in [0.2, 0.25) is 0 Å². The van der Waals surface area contributed by atoms with E-state index in [-0.39, 0.29) is 18.6 Å². The minimum atomic E-state index is -3.70. The maximum absolute atomic E-state index is 12.3. The van der Waals surface area contributed by atoms with Crippen molar-refractivity contribution in [2.24, 2.45) is 5.10 Å². The molecule has 3 rings (SSSR count). The van der Waals surface area contributed by atoms with Crippen LogP contribution in [0.1, 0.15) is 18.4 Å². The topological polar surface area (TPSA) is 126 Å². The lowest BCUT2D eigenvalue weighted by molar-refractivity contribution is -0.123. The van der Waals surface area contributed by atoms with Gasteiger partial charge < -0.3 is 14.8 Å². The highest BCUT2D eigenvalue weighted by Gasteiger charge is 2.22. The second-order valence-corrected chi connectivity index (χ2v) is 10.6. The van der Waals surface area contributed by atoms with Crippen molar-refractivity contribution >= 4 is 49.7 Å². The summed E-state index contributed by atoms with van der Waals surface area (Å²) in [7, 11) is -3.70. The second-order valence-electron chi connectivity index (χ2n) is 7.81. The summed E-state index contributed by atoms with van der Waals surface area (Å²) < 4.78 is 36.8. The molecule has 1 aliphatic heterocycles. The van der Waals surface area contributed by atoms with Gasteiger partial charge in [-0.2, -0.15) is 5.10 Å². The van der Waals surface area contributed by atoms with Crippen LogP contribution in [0.4, 0.5) is 5.69 Å². The number of rotatable bonds is 11. The lowest BCUT2D eigenvalue weighted by atomic mass is 10.2. The van der Waals surface area contributed by atoms with Crippen molar-refractivity contribution in [3.63, 3.8) is 0 Å². The Bertz CT molecular complexity index is 1150. The number of carbonyl (C=O) groups is 2. The van der Waals surface area contributed by atoms with Crippen LogP contribution in [0.15, 0.2) is 58.1 Å². The number of hydrazone groups is 1. The highest BCUT2D eigenvalue weighted by Crippen LogP contribution is 2.27. The normalized spacial score (nSPS) is 15.7. The number of hydrogen-bond acceptors (Lipinski definition) is 7. The van der Waals surface area contributed by atoms with Crippen LogP contribution in [-0.2, 0) is 24.3 Å². The molecule has 2 N–H and O–H groups in total. The number of sulfonamides is 1. The van der Waals surface area contributed by atoms with Gasteiger partial charge >= 0.3 is 0 Å². The zero-order valence-electron chi connectivity index (χ0n) is 19.1. The second kappa shape index (κ2) is 12.7. The molecule has 12 heteroatoms. The van der Waals surface area contributed by atoms with Crippen molar-refractivity contribution in [2.75, 3.05) is 36.9 Å². The summed E-state index contributed by atoms with van der Waals surface area (Å²) in [4.78, 5) is 24.2. The summed E-state index contributed by atoms with van der Waals surface area (Å²) in [5.41, 5.74) is 3.35. The van der Waals surface area contributed by atoms with Crippen LogP contribution >= 0.6 is 15.9 Å². The summed E-state index contributed by atoms with van der Waals surface area (Å²) in [6.07, 6.45) is 4.49. The van der Waals surface area contributed by atoms with Gasteiger partial charge in [0.2, 0.25) is 10.0 Å². The molecule has 2 amide bonds. The number of halogens is 1. The van der Waals surface area contributed by atoms with Crippen molar-refractivity contribution < 1.29 is 27.5 Å². The minimum absolute atomic E-state index is 0.0765. The zero-order valence-corrected chi connectivity index (χ0v) is 21.5. The lowest BCUT2D eigenvalue weighted by Gasteiger charge is -2.22. The molecule has 0 radical (unpaired) electrons. The highest BCUT2D eigenvalue weighted by atomic mass is 79.9. The molecule has 0 bridgehead atoms. The quantitative estimate of drug-likeness (QED) is 0.316. The van der Waals surface area contributed by atoms with Crippen LogP contribution in [0, 0.1) is 0 Å². The van der Waals surface area contributed by atoms with Crippen LogP contribution in [0.5, 0.6) is 5.75 Å². The van der Waals surface area contributed by atoms with Gasteiger partial charge in [0.15, 0.2) is 6.61 Å². The largest absolute Gasteiger partial charge is 0.484 e. The fourth-order valence-corrected chi connectivity index (χ4v) is 4.75. The summed E-state index contributed by atoms with van der Waals surface area (Å²) in [6, 6.07) is 13.5. The van der Waals surface area contributed by atoms with E-state index in [2.05, 4.69) is 31.8 Å². The summed E-state index contributed by atoms with van der Waals surface area (Å²) in [5.74, 6) is -0.313. The van der Waals surface area contributed by atoms with Gasteiger partial charge in [-0.05, 0) is 70.7 Å². The molecule has 1 heterocycles. The molecule has 2 aromatic rings. The number of nitrogens with one attached hydrogen (secondary N) is 2. The van der Waals surface area contributed by atoms with Gasteiger partial charge in [0.25, 0.3) is 11.8 Å². The zero-order chi connectivity index (χ0) is 25.3. The number of para-hydroxylation sites is 1.